The number of aromatic nitrogens is 3. The van der Waals surface area contributed by atoms with Gasteiger partial charge in [-0.3, -0.25) is 9.89 Å². The second-order valence-electron chi connectivity index (χ2n) is 4.34. The molecule has 0 aliphatic carbocycles. The number of amides is 1. The van der Waals surface area contributed by atoms with Gasteiger partial charge < -0.3 is 5.32 Å². The molecule has 0 unspecified atom stereocenters. The molecule has 0 radical (unpaired) electrons. The summed E-state index contributed by atoms with van der Waals surface area (Å²) in [6.45, 7) is 2.03. The number of anilines is 1. The van der Waals surface area contributed by atoms with Crippen LogP contribution in [0, 0.1) is 11.3 Å². The maximum absolute atomic E-state index is 11.9. The number of carbonyl (C=O) groups excluding carboxylic acids is 1. The first-order valence-corrected chi connectivity index (χ1v) is 6.41. The molecule has 2 rings (SSSR count). The molecule has 0 saturated heterocycles. The van der Waals surface area contributed by atoms with Crippen molar-refractivity contribution in [2.45, 2.75) is 26.2 Å². The van der Waals surface area contributed by atoms with Crippen LogP contribution >= 0.6 is 0 Å². The van der Waals surface area contributed by atoms with Crippen molar-refractivity contribution in [2.75, 3.05) is 5.32 Å². The molecule has 0 bridgehead atoms. The zero-order chi connectivity index (χ0) is 14.4. The minimum Gasteiger partial charge on any atom is -0.319 e. The number of aryl methyl sites for hydroxylation is 1. The molecule has 1 aromatic carbocycles. The van der Waals surface area contributed by atoms with Crippen molar-refractivity contribution < 1.29 is 4.79 Å². The van der Waals surface area contributed by atoms with Crippen molar-refractivity contribution in [3.63, 3.8) is 0 Å². The predicted molar refractivity (Wildman–Crippen MR) is 74.1 cm³/mol. The smallest absolute Gasteiger partial charge is 0.295 e. The van der Waals surface area contributed by atoms with E-state index >= 15 is 0 Å². The molecule has 2 aromatic rings. The molecule has 0 atom stereocenters. The summed E-state index contributed by atoms with van der Waals surface area (Å²) in [6, 6.07) is 9.19. The van der Waals surface area contributed by atoms with Crippen molar-refractivity contribution in [2.24, 2.45) is 0 Å². The van der Waals surface area contributed by atoms with Crippen LogP contribution in [0.3, 0.4) is 0 Å². The maximum Gasteiger partial charge on any atom is 0.295 e. The molecule has 1 aromatic heterocycles. The quantitative estimate of drug-likeness (QED) is 0.868. The number of nitriles is 1. The lowest BCUT2D eigenvalue weighted by atomic mass is 10.1. The third-order valence-electron chi connectivity index (χ3n) is 2.72. The molecule has 2 N–H and O–H groups in total. The van der Waals surface area contributed by atoms with Gasteiger partial charge in [0.05, 0.1) is 12.5 Å². The van der Waals surface area contributed by atoms with Gasteiger partial charge in [0.25, 0.3) is 5.91 Å². The third-order valence-corrected chi connectivity index (χ3v) is 2.72. The summed E-state index contributed by atoms with van der Waals surface area (Å²) in [5, 5.41) is 17.9. The molecule has 0 spiro atoms. The highest BCUT2D eigenvalue weighted by Crippen LogP contribution is 2.11. The lowest BCUT2D eigenvalue weighted by Gasteiger charge is -2.02. The number of nitrogens with one attached hydrogen (secondary N) is 2. The van der Waals surface area contributed by atoms with E-state index in [1.807, 2.05) is 6.92 Å². The molecule has 0 saturated carbocycles. The Morgan fingerprint density at radius 2 is 2.15 bits per heavy atom. The number of rotatable bonds is 5. The molecular weight excluding hydrogens is 254 g/mol. The third kappa shape index (κ3) is 3.42. The zero-order valence-electron chi connectivity index (χ0n) is 11.2. The summed E-state index contributed by atoms with van der Waals surface area (Å²) in [5.74, 6) is 0.494. The van der Waals surface area contributed by atoms with E-state index in [-0.39, 0.29) is 11.7 Å². The van der Waals surface area contributed by atoms with Crippen molar-refractivity contribution in [3.05, 3.63) is 41.5 Å². The van der Waals surface area contributed by atoms with Crippen LogP contribution in [-0.4, -0.2) is 21.1 Å². The van der Waals surface area contributed by atoms with Gasteiger partial charge in [0.2, 0.25) is 5.82 Å². The van der Waals surface area contributed by atoms with E-state index in [4.69, 9.17) is 5.26 Å². The highest BCUT2D eigenvalue weighted by Gasteiger charge is 2.12. The van der Waals surface area contributed by atoms with Gasteiger partial charge in [-0.25, -0.2) is 4.98 Å². The van der Waals surface area contributed by atoms with Gasteiger partial charge in [-0.1, -0.05) is 19.1 Å². The Morgan fingerprint density at radius 1 is 1.40 bits per heavy atom. The standard InChI is InChI=1S/C14H15N5O/c1-2-3-12-17-13(19-18-12)14(20)16-11-6-4-10(5-7-11)8-9-15/h4-7H,2-3,8H2,1H3,(H,16,20)(H,17,18,19). The van der Waals surface area contributed by atoms with E-state index in [0.717, 1.165) is 18.4 Å². The van der Waals surface area contributed by atoms with Crippen molar-refractivity contribution >= 4 is 11.6 Å². The van der Waals surface area contributed by atoms with Crippen LogP contribution in [0.1, 0.15) is 35.4 Å². The SMILES string of the molecule is CCCc1nc(C(=O)Nc2ccc(CC#N)cc2)n[nH]1. The van der Waals surface area contributed by atoms with Crippen molar-refractivity contribution in [1.29, 1.82) is 5.26 Å². The average molecular weight is 269 g/mol. The summed E-state index contributed by atoms with van der Waals surface area (Å²) in [5.41, 5.74) is 1.56. The Balaban J connectivity index is 2.01. The fourth-order valence-electron chi connectivity index (χ4n) is 1.73. The van der Waals surface area contributed by atoms with E-state index in [1.165, 1.54) is 0 Å². The summed E-state index contributed by atoms with van der Waals surface area (Å²) in [4.78, 5) is 16.1. The number of carbonyl (C=O) groups is 1. The van der Waals surface area contributed by atoms with Gasteiger partial charge >= 0.3 is 0 Å². The van der Waals surface area contributed by atoms with Gasteiger partial charge in [-0.2, -0.15) is 5.26 Å². The molecule has 1 amide bonds. The maximum atomic E-state index is 11.9. The first-order chi connectivity index (χ1) is 9.72. The summed E-state index contributed by atoms with van der Waals surface area (Å²) in [6.07, 6.45) is 2.06. The molecule has 1 heterocycles. The number of benzene rings is 1. The van der Waals surface area contributed by atoms with Crippen LogP contribution in [0.4, 0.5) is 5.69 Å². The normalized spacial score (nSPS) is 10.0. The fraction of sp³-hybridized carbons (Fsp3) is 0.286. The molecule has 0 aliphatic heterocycles. The molecule has 20 heavy (non-hydrogen) atoms. The van der Waals surface area contributed by atoms with Crippen LogP contribution in [0.5, 0.6) is 0 Å². The Kier molecular flexibility index (Phi) is 4.45. The monoisotopic (exact) mass is 269 g/mol. The number of H-pyrrole nitrogens is 1. The minimum absolute atomic E-state index is 0.134. The minimum atomic E-state index is -0.350. The average Bonchev–Trinajstić information content (AvgIpc) is 2.90. The van der Waals surface area contributed by atoms with Gasteiger partial charge in [-0.05, 0) is 24.1 Å². The van der Waals surface area contributed by atoms with Crippen molar-refractivity contribution in [3.8, 4) is 6.07 Å². The highest BCUT2D eigenvalue weighted by molar-refractivity contribution is 6.01. The number of hydrogen-bond acceptors (Lipinski definition) is 4. The highest BCUT2D eigenvalue weighted by atomic mass is 16.2. The van der Waals surface area contributed by atoms with Crippen LogP contribution in [0.25, 0.3) is 0 Å². The van der Waals surface area contributed by atoms with Crippen LogP contribution in [-0.2, 0) is 12.8 Å². The lowest BCUT2D eigenvalue weighted by Crippen LogP contribution is -2.13. The Labute approximate surface area is 116 Å². The van der Waals surface area contributed by atoms with Crippen LogP contribution in [0.15, 0.2) is 24.3 Å². The van der Waals surface area contributed by atoms with E-state index in [2.05, 4.69) is 26.6 Å². The zero-order valence-corrected chi connectivity index (χ0v) is 11.2. The van der Waals surface area contributed by atoms with E-state index in [0.29, 0.717) is 17.9 Å². The van der Waals surface area contributed by atoms with Gasteiger partial charge in [-0.15, -0.1) is 5.10 Å². The molecule has 6 nitrogen and oxygen atoms in total. The topological polar surface area (TPSA) is 94.5 Å². The number of hydrogen-bond donors (Lipinski definition) is 2. The molecule has 102 valence electrons. The van der Waals surface area contributed by atoms with E-state index in [9.17, 15) is 4.79 Å². The second kappa shape index (κ2) is 6.48. The second-order valence-corrected chi connectivity index (χ2v) is 4.34. The number of nitrogens with zero attached hydrogens (tertiary/aromatic N) is 3. The van der Waals surface area contributed by atoms with Gasteiger partial charge in [0.1, 0.15) is 5.82 Å². The summed E-state index contributed by atoms with van der Waals surface area (Å²) in [7, 11) is 0. The van der Waals surface area contributed by atoms with Gasteiger partial charge in [0, 0.05) is 12.1 Å². The Morgan fingerprint density at radius 3 is 2.80 bits per heavy atom. The molecule has 6 heteroatoms. The van der Waals surface area contributed by atoms with E-state index in [1.54, 1.807) is 24.3 Å². The Hall–Kier alpha value is -2.68. The van der Waals surface area contributed by atoms with Crippen LogP contribution < -0.4 is 5.32 Å². The molecule has 0 aliphatic rings. The van der Waals surface area contributed by atoms with Gasteiger partial charge in [0.15, 0.2) is 0 Å². The first kappa shape index (κ1) is 13.7. The Bertz CT molecular complexity index is 624. The largest absolute Gasteiger partial charge is 0.319 e. The molecular formula is C14H15N5O. The van der Waals surface area contributed by atoms with E-state index < -0.39 is 0 Å². The van der Waals surface area contributed by atoms with Crippen LogP contribution in [0.2, 0.25) is 0 Å². The van der Waals surface area contributed by atoms with Crippen molar-refractivity contribution in [1.82, 2.24) is 15.2 Å². The summed E-state index contributed by atoms with van der Waals surface area (Å²) >= 11 is 0. The predicted octanol–water partition coefficient (Wildman–Crippen LogP) is 2.08. The number of aromatic amines is 1. The summed E-state index contributed by atoms with van der Waals surface area (Å²) < 4.78 is 0. The lowest BCUT2D eigenvalue weighted by molar-refractivity contribution is 0.101. The fourth-order valence-corrected chi connectivity index (χ4v) is 1.73. The first-order valence-electron chi connectivity index (χ1n) is 6.41. The molecule has 0 fully saturated rings.